The largest absolute Gasteiger partial charge is 0.494 e. The molecule has 0 amide bonds. The molecule has 0 bridgehead atoms. The lowest BCUT2D eigenvalue weighted by molar-refractivity contribution is 0.139. The molecule has 124 valence electrons. The normalized spacial score (nSPS) is 10.5. The zero-order chi connectivity index (χ0) is 16.3. The van der Waals surface area contributed by atoms with E-state index in [1.54, 1.807) is 0 Å². The van der Waals surface area contributed by atoms with Gasteiger partial charge in [0, 0.05) is 0 Å². The van der Waals surface area contributed by atoms with Crippen molar-refractivity contribution in [2.24, 2.45) is 0 Å². The molecule has 2 aromatic rings. The van der Waals surface area contributed by atoms with E-state index in [-0.39, 0.29) is 0 Å². The summed E-state index contributed by atoms with van der Waals surface area (Å²) in [6, 6.07) is 16.3. The standard InChI is InChI=1S/C20H26O3/c1-3-22-19-11-7-5-9-17(19)13-15-21-16-14-18-10-6-8-12-20(18)23-4-2/h5-12H,3-4,13-16H2,1-2H3. The van der Waals surface area contributed by atoms with Gasteiger partial charge in [-0.15, -0.1) is 0 Å². The zero-order valence-electron chi connectivity index (χ0n) is 14.1. The minimum Gasteiger partial charge on any atom is -0.494 e. The Balaban J connectivity index is 1.76. The molecule has 3 heteroatoms. The molecule has 0 N–H and O–H groups in total. The smallest absolute Gasteiger partial charge is 0.122 e. The van der Waals surface area contributed by atoms with Crippen LogP contribution in [0.15, 0.2) is 48.5 Å². The Bertz CT molecular complexity index is 529. The van der Waals surface area contributed by atoms with Gasteiger partial charge in [0.2, 0.25) is 0 Å². The Hall–Kier alpha value is -2.00. The van der Waals surface area contributed by atoms with E-state index in [2.05, 4.69) is 12.1 Å². The molecule has 0 aliphatic heterocycles. The van der Waals surface area contributed by atoms with Crippen molar-refractivity contribution in [3.63, 3.8) is 0 Å². The van der Waals surface area contributed by atoms with Crippen molar-refractivity contribution in [3.8, 4) is 11.5 Å². The topological polar surface area (TPSA) is 27.7 Å². The second-order valence-corrected chi connectivity index (χ2v) is 5.19. The molecule has 0 spiro atoms. The first-order valence-corrected chi connectivity index (χ1v) is 8.34. The minimum absolute atomic E-state index is 0.687. The molecular weight excluding hydrogens is 288 g/mol. The second kappa shape index (κ2) is 9.90. The van der Waals surface area contributed by atoms with E-state index in [4.69, 9.17) is 14.2 Å². The van der Waals surface area contributed by atoms with Gasteiger partial charge >= 0.3 is 0 Å². The van der Waals surface area contributed by atoms with Gasteiger partial charge in [-0.25, -0.2) is 0 Å². The third-order valence-corrected chi connectivity index (χ3v) is 3.58. The van der Waals surface area contributed by atoms with Crippen LogP contribution in [0.4, 0.5) is 0 Å². The van der Waals surface area contributed by atoms with Gasteiger partial charge in [0.05, 0.1) is 26.4 Å². The molecule has 0 radical (unpaired) electrons. The fourth-order valence-electron chi connectivity index (χ4n) is 2.48. The molecule has 2 rings (SSSR count). The average Bonchev–Trinajstić information content (AvgIpc) is 2.58. The van der Waals surface area contributed by atoms with Crippen molar-refractivity contribution in [2.75, 3.05) is 26.4 Å². The SMILES string of the molecule is CCOc1ccccc1CCOCCc1ccccc1OCC. The number of para-hydroxylation sites is 2. The van der Waals surface area contributed by atoms with E-state index in [0.717, 1.165) is 24.3 Å². The first-order valence-electron chi connectivity index (χ1n) is 8.34. The van der Waals surface area contributed by atoms with Crippen LogP contribution in [0.5, 0.6) is 11.5 Å². The lowest BCUT2D eigenvalue weighted by Gasteiger charge is -2.11. The Kier molecular flexibility index (Phi) is 7.47. The Morgan fingerprint density at radius 1 is 0.652 bits per heavy atom. The monoisotopic (exact) mass is 314 g/mol. The molecule has 3 nitrogen and oxygen atoms in total. The second-order valence-electron chi connectivity index (χ2n) is 5.19. The third-order valence-electron chi connectivity index (χ3n) is 3.58. The molecule has 0 aromatic heterocycles. The van der Waals surface area contributed by atoms with Gasteiger partial charge < -0.3 is 14.2 Å². The summed E-state index contributed by atoms with van der Waals surface area (Å²) in [6.07, 6.45) is 1.73. The summed E-state index contributed by atoms with van der Waals surface area (Å²) in [5, 5.41) is 0. The lowest BCUT2D eigenvalue weighted by atomic mass is 10.1. The highest BCUT2D eigenvalue weighted by Crippen LogP contribution is 2.20. The summed E-state index contributed by atoms with van der Waals surface area (Å²) < 4.78 is 17.1. The van der Waals surface area contributed by atoms with Crippen molar-refractivity contribution in [2.45, 2.75) is 26.7 Å². The first kappa shape index (κ1) is 17.4. The molecule has 0 atom stereocenters. The zero-order valence-corrected chi connectivity index (χ0v) is 14.1. The summed E-state index contributed by atoms with van der Waals surface area (Å²) in [7, 11) is 0. The third kappa shape index (κ3) is 5.61. The van der Waals surface area contributed by atoms with Crippen molar-refractivity contribution in [1.29, 1.82) is 0 Å². The van der Waals surface area contributed by atoms with Crippen molar-refractivity contribution >= 4 is 0 Å². The maximum atomic E-state index is 5.80. The van der Waals surface area contributed by atoms with E-state index in [9.17, 15) is 0 Å². The van der Waals surface area contributed by atoms with Crippen LogP contribution in [0.1, 0.15) is 25.0 Å². The van der Waals surface area contributed by atoms with Gasteiger partial charge in [-0.2, -0.15) is 0 Å². The predicted molar refractivity (Wildman–Crippen MR) is 93.4 cm³/mol. The fraction of sp³-hybridized carbons (Fsp3) is 0.400. The molecule has 2 aromatic carbocycles. The molecule has 23 heavy (non-hydrogen) atoms. The Morgan fingerprint density at radius 3 is 1.52 bits per heavy atom. The summed E-state index contributed by atoms with van der Waals surface area (Å²) in [6.45, 7) is 6.77. The van der Waals surface area contributed by atoms with Crippen LogP contribution in [-0.4, -0.2) is 26.4 Å². The number of hydrogen-bond acceptors (Lipinski definition) is 3. The predicted octanol–water partition coefficient (Wildman–Crippen LogP) is 4.29. The summed E-state index contributed by atoms with van der Waals surface area (Å²) in [5.74, 6) is 1.92. The van der Waals surface area contributed by atoms with E-state index < -0.39 is 0 Å². The number of benzene rings is 2. The van der Waals surface area contributed by atoms with E-state index >= 15 is 0 Å². The maximum Gasteiger partial charge on any atom is 0.122 e. The molecule has 0 aliphatic rings. The van der Waals surface area contributed by atoms with Gasteiger partial charge in [0.1, 0.15) is 11.5 Å². The van der Waals surface area contributed by atoms with Crippen LogP contribution in [-0.2, 0) is 17.6 Å². The molecule has 0 aliphatic carbocycles. The Morgan fingerprint density at radius 2 is 1.09 bits per heavy atom. The van der Waals surface area contributed by atoms with Gasteiger partial charge in [-0.1, -0.05) is 36.4 Å². The van der Waals surface area contributed by atoms with Gasteiger partial charge in [0.25, 0.3) is 0 Å². The highest BCUT2D eigenvalue weighted by molar-refractivity contribution is 5.34. The molecule has 0 fully saturated rings. The van der Waals surface area contributed by atoms with Crippen molar-refractivity contribution < 1.29 is 14.2 Å². The molecule has 0 unspecified atom stereocenters. The summed E-state index contributed by atoms with van der Waals surface area (Å²) in [5.41, 5.74) is 2.40. The summed E-state index contributed by atoms with van der Waals surface area (Å²) in [4.78, 5) is 0. The Labute approximate surface area is 139 Å². The van der Waals surface area contributed by atoms with Gasteiger partial charge in [0.15, 0.2) is 0 Å². The van der Waals surface area contributed by atoms with E-state index in [1.165, 1.54) is 11.1 Å². The molecule has 0 saturated carbocycles. The molecular formula is C20H26O3. The van der Waals surface area contributed by atoms with Crippen LogP contribution in [0.2, 0.25) is 0 Å². The van der Waals surface area contributed by atoms with Crippen LogP contribution >= 0.6 is 0 Å². The number of rotatable bonds is 10. The lowest BCUT2D eigenvalue weighted by Crippen LogP contribution is -2.05. The van der Waals surface area contributed by atoms with Crippen LogP contribution in [0.3, 0.4) is 0 Å². The van der Waals surface area contributed by atoms with Crippen molar-refractivity contribution in [1.82, 2.24) is 0 Å². The number of ether oxygens (including phenoxy) is 3. The highest BCUT2D eigenvalue weighted by atomic mass is 16.5. The van der Waals surface area contributed by atoms with E-state index in [1.807, 2.05) is 50.2 Å². The van der Waals surface area contributed by atoms with Gasteiger partial charge in [-0.05, 0) is 49.9 Å². The number of hydrogen-bond donors (Lipinski definition) is 0. The fourth-order valence-corrected chi connectivity index (χ4v) is 2.48. The molecule has 0 heterocycles. The van der Waals surface area contributed by atoms with Gasteiger partial charge in [-0.3, -0.25) is 0 Å². The van der Waals surface area contributed by atoms with E-state index in [0.29, 0.717) is 26.4 Å². The minimum atomic E-state index is 0.687. The van der Waals surface area contributed by atoms with Crippen LogP contribution < -0.4 is 9.47 Å². The van der Waals surface area contributed by atoms with Crippen LogP contribution in [0.25, 0.3) is 0 Å². The van der Waals surface area contributed by atoms with Crippen molar-refractivity contribution in [3.05, 3.63) is 59.7 Å². The van der Waals surface area contributed by atoms with Crippen LogP contribution in [0, 0.1) is 0 Å². The summed E-state index contributed by atoms with van der Waals surface area (Å²) >= 11 is 0. The first-order chi connectivity index (χ1) is 11.3. The average molecular weight is 314 g/mol. The molecule has 0 saturated heterocycles. The quantitative estimate of drug-likeness (QED) is 0.612. The highest BCUT2D eigenvalue weighted by Gasteiger charge is 2.04. The maximum absolute atomic E-state index is 5.80.